The zero-order chi connectivity index (χ0) is 14.8. The van der Waals surface area contributed by atoms with Crippen LogP contribution in [0.15, 0.2) is 24.3 Å². The molecule has 1 fully saturated rings. The molecule has 0 bridgehead atoms. The average molecular weight is 325 g/mol. The van der Waals surface area contributed by atoms with Gasteiger partial charge in [0.2, 0.25) is 5.91 Å². The average Bonchev–Trinajstić information content (AvgIpc) is 2.50. The summed E-state index contributed by atoms with van der Waals surface area (Å²) in [5.41, 5.74) is 2.54. The first kappa shape index (κ1) is 16.8. The third kappa shape index (κ3) is 3.10. The molecule has 0 aliphatic carbocycles. The molecule has 2 unspecified atom stereocenters. The largest absolute Gasteiger partial charge is 0.466 e. The zero-order valence-electron chi connectivity index (χ0n) is 12.6. The summed E-state index contributed by atoms with van der Waals surface area (Å²) in [6, 6.07) is 7.90. The minimum atomic E-state index is -0.453. The van der Waals surface area contributed by atoms with Gasteiger partial charge in [-0.15, -0.1) is 12.4 Å². The van der Waals surface area contributed by atoms with Gasteiger partial charge in [-0.05, 0) is 24.5 Å². The van der Waals surface area contributed by atoms with Gasteiger partial charge in [0.25, 0.3) is 0 Å². The number of halogens is 1. The highest BCUT2D eigenvalue weighted by atomic mass is 35.5. The van der Waals surface area contributed by atoms with Gasteiger partial charge in [-0.3, -0.25) is 9.59 Å². The number of nitrogens with zero attached hydrogens (tertiary/aromatic N) is 1. The first-order valence-corrected chi connectivity index (χ1v) is 7.48. The summed E-state index contributed by atoms with van der Waals surface area (Å²) >= 11 is 0. The Kier molecular flexibility index (Phi) is 5.42. The fourth-order valence-corrected chi connectivity index (χ4v) is 3.22. The van der Waals surface area contributed by atoms with Crippen LogP contribution in [-0.2, 0) is 20.7 Å². The first-order chi connectivity index (χ1) is 10.2. The van der Waals surface area contributed by atoms with Crippen molar-refractivity contribution in [2.45, 2.75) is 31.8 Å². The van der Waals surface area contributed by atoms with E-state index in [0.717, 1.165) is 13.0 Å². The smallest absolute Gasteiger partial charge is 0.307 e. The first-order valence-electron chi connectivity index (χ1n) is 7.48. The van der Waals surface area contributed by atoms with E-state index in [2.05, 4.69) is 17.4 Å². The SMILES string of the molecule is CCOC(=O)CC1NCC2c3ccccc3CCN2C1=O.Cl. The predicted molar refractivity (Wildman–Crippen MR) is 84.9 cm³/mol. The highest BCUT2D eigenvalue weighted by Gasteiger charge is 2.39. The number of ether oxygens (including phenoxy) is 1. The Balaban J connectivity index is 0.00000176. The minimum Gasteiger partial charge on any atom is -0.466 e. The van der Waals surface area contributed by atoms with Gasteiger partial charge in [0.1, 0.15) is 0 Å². The van der Waals surface area contributed by atoms with Crippen LogP contribution in [-0.4, -0.2) is 42.5 Å². The standard InChI is InChI=1S/C16H20N2O3.ClH/c1-2-21-15(19)9-13-16(20)18-8-7-11-5-3-4-6-12(11)14(18)10-17-13;/h3-6,13-14,17H,2,7-10H2,1H3;1H. The number of hydrogen-bond donors (Lipinski definition) is 1. The summed E-state index contributed by atoms with van der Waals surface area (Å²) in [6.07, 6.45) is 0.988. The molecule has 2 atom stereocenters. The molecule has 120 valence electrons. The van der Waals surface area contributed by atoms with Crippen LogP contribution in [0.5, 0.6) is 0 Å². The molecule has 0 radical (unpaired) electrons. The highest BCUT2D eigenvalue weighted by Crippen LogP contribution is 2.32. The Morgan fingerprint density at radius 2 is 2.18 bits per heavy atom. The van der Waals surface area contributed by atoms with Crippen molar-refractivity contribution in [2.75, 3.05) is 19.7 Å². The van der Waals surface area contributed by atoms with E-state index in [4.69, 9.17) is 4.74 Å². The summed E-state index contributed by atoms with van der Waals surface area (Å²) in [6.45, 7) is 3.53. The van der Waals surface area contributed by atoms with Gasteiger partial charge < -0.3 is 15.0 Å². The highest BCUT2D eigenvalue weighted by molar-refractivity contribution is 5.88. The maximum Gasteiger partial charge on any atom is 0.307 e. The van der Waals surface area contributed by atoms with Crippen molar-refractivity contribution in [2.24, 2.45) is 0 Å². The number of carbonyl (C=O) groups excluding carboxylic acids is 2. The van der Waals surface area contributed by atoms with Crippen LogP contribution in [0.4, 0.5) is 0 Å². The molecule has 2 heterocycles. The molecular formula is C16H21ClN2O3. The van der Waals surface area contributed by atoms with Gasteiger partial charge in [-0.1, -0.05) is 24.3 Å². The molecule has 3 rings (SSSR count). The van der Waals surface area contributed by atoms with E-state index in [-0.39, 0.29) is 36.7 Å². The number of hydrogen-bond acceptors (Lipinski definition) is 4. The minimum absolute atomic E-state index is 0. The van der Waals surface area contributed by atoms with Crippen LogP contribution in [0.3, 0.4) is 0 Å². The fourth-order valence-electron chi connectivity index (χ4n) is 3.22. The quantitative estimate of drug-likeness (QED) is 0.855. The molecule has 1 N–H and O–H groups in total. The van der Waals surface area contributed by atoms with Crippen LogP contribution >= 0.6 is 12.4 Å². The number of carbonyl (C=O) groups is 2. The molecule has 1 aromatic rings. The maximum absolute atomic E-state index is 12.6. The van der Waals surface area contributed by atoms with Gasteiger partial charge >= 0.3 is 5.97 Å². The summed E-state index contributed by atoms with van der Waals surface area (Å²) in [4.78, 5) is 26.1. The van der Waals surface area contributed by atoms with E-state index < -0.39 is 6.04 Å². The lowest BCUT2D eigenvalue weighted by Gasteiger charge is -2.43. The maximum atomic E-state index is 12.6. The number of amides is 1. The monoisotopic (exact) mass is 324 g/mol. The van der Waals surface area contributed by atoms with E-state index in [9.17, 15) is 9.59 Å². The van der Waals surface area contributed by atoms with Crippen LogP contribution in [0.2, 0.25) is 0 Å². The molecule has 0 saturated carbocycles. The number of esters is 1. The predicted octanol–water partition coefficient (Wildman–Crippen LogP) is 1.46. The zero-order valence-corrected chi connectivity index (χ0v) is 13.4. The fraction of sp³-hybridized carbons (Fsp3) is 0.500. The molecule has 0 aromatic heterocycles. The van der Waals surface area contributed by atoms with Gasteiger partial charge in [-0.25, -0.2) is 0 Å². The van der Waals surface area contributed by atoms with Crippen molar-refractivity contribution in [3.8, 4) is 0 Å². The lowest BCUT2D eigenvalue weighted by molar-refractivity contribution is -0.149. The van der Waals surface area contributed by atoms with Crippen LogP contribution in [0.25, 0.3) is 0 Å². The molecule has 5 nitrogen and oxygen atoms in total. The summed E-state index contributed by atoms with van der Waals surface area (Å²) in [5, 5.41) is 3.21. The second-order valence-electron chi connectivity index (χ2n) is 5.47. The lowest BCUT2D eigenvalue weighted by atomic mass is 9.90. The molecule has 2 aliphatic rings. The number of benzene rings is 1. The molecular weight excluding hydrogens is 304 g/mol. The summed E-state index contributed by atoms with van der Waals surface area (Å²) in [7, 11) is 0. The van der Waals surface area contributed by atoms with Gasteiger partial charge in [0, 0.05) is 13.1 Å². The molecule has 1 aromatic carbocycles. The van der Waals surface area contributed by atoms with Crippen LogP contribution in [0.1, 0.15) is 30.5 Å². The second kappa shape index (κ2) is 7.11. The van der Waals surface area contributed by atoms with E-state index in [1.165, 1.54) is 11.1 Å². The molecule has 1 amide bonds. The molecule has 1 saturated heterocycles. The third-order valence-electron chi connectivity index (χ3n) is 4.23. The van der Waals surface area contributed by atoms with Crippen molar-refractivity contribution in [1.82, 2.24) is 10.2 Å². The van der Waals surface area contributed by atoms with Gasteiger partial charge in [0.15, 0.2) is 0 Å². The van der Waals surface area contributed by atoms with E-state index >= 15 is 0 Å². The second-order valence-corrected chi connectivity index (χ2v) is 5.47. The normalized spacial score (nSPS) is 23.1. The van der Waals surface area contributed by atoms with Crippen molar-refractivity contribution >= 4 is 24.3 Å². The third-order valence-corrected chi connectivity index (χ3v) is 4.23. The number of rotatable bonds is 3. The van der Waals surface area contributed by atoms with Gasteiger partial charge in [-0.2, -0.15) is 0 Å². The van der Waals surface area contributed by atoms with E-state index in [1.807, 2.05) is 17.0 Å². The molecule has 6 heteroatoms. The Labute approximate surface area is 136 Å². The summed E-state index contributed by atoms with van der Waals surface area (Å²) in [5.74, 6) is -0.312. The number of piperazine rings is 1. The molecule has 2 aliphatic heterocycles. The van der Waals surface area contributed by atoms with Crippen LogP contribution in [0, 0.1) is 0 Å². The van der Waals surface area contributed by atoms with Crippen molar-refractivity contribution in [1.29, 1.82) is 0 Å². The van der Waals surface area contributed by atoms with Crippen molar-refractivity contribution < 1.29 is 14.3 Å². The summed E-state index contributed by atoms with van der Waals surface area (Å²) < 4.78 is 4.94. The van der Waals surface area contributed by atoms with E-state index in [1.54, 1.807) is 6.92 Å². The lowest BCUT2D eigenvalue weighted by Crippen LogP contribution is -2.58. The van der Waals surface area contributed by atoms with Gasteiger partial charge in [0.05, 0.1) is 25.1 Å². The topological polar surface area (TPSA) is 58.6 Å². The molecule has 22 heavy (non-hydrogen) atoms. The molecule has 0 spiro atoms. The Bertz CT molecular complexity index is 564. The van der Waals surface area contributed by atoms with Crippen LogP contribution < -0.4 is 5.32 Å². The Hall–Kier alpha value is -1.59. The van der Waals surface area contributed by atoms with E-state index in [0.29, 0.717) is 13.2 Å². The number of fused-ring (bicyclic) bond motifs is 3. The Morgan fingerprint density at radius 1 is 1.41 bits per heavy atom. The van der Waals surface area contributed by atoms with Crippen molar-refractivity contribution in [3.63, 3.8) is 0 Å². The number of nitrogens with one attached hydrogen (secondary N) is 1. The Morgan fingerprint density at radius 3 is 2.95 bits per heavy atom. The van der Waals surface area contributed by atoms with Crippen molar-refractivity contribution in [3.05, 3.63) is 35.4 Å².